The van der Waals surface area contributed by atoms with Crippen LogP contribution < -0.4 is 5.73 Å². The van der Waals surface area contributed by atoms with Crippen molar-refractivity contribution in [3.8, 4) is 11.1 Å². The molecule has 32 heavy (non-hydrogen) atoms. The van der Waals surface area contributed by atoms with E-state index < -0.39 is 0 Å². The molecule has 5 nitrogen and oxygen atoms in total. The summed E-state index contributed by atoms with van der Waals surface area (Å²) in [5, 5.41) is 0.493. The minimum atomic E-state index is -0.311. The highest BCUT2D eigenvalue weighted by Gasteiger charge is 2.33. The van der Waals surface area contributed by atoms with E-state index in [9.17, 15) is 9.18 Å². The van der Waals surface area contributed by atoms with Gasteiger partial charge in [-0.15, -0.1) is 0 Å². The predicted octanol–water partition coefficient (Wildman–Crippen LogP) is 4.31. The molecule has 0 aromatic heterocycles. The Morgan fingerprint density at radius 3 is 2.66 bits per heavy atom. The molecule has 0 amide bonds. The second-order valence-corrected chi connectivity index (χ2v) is 8.80. The Kier molecular flexibility index (Phi) is 9.05. The first-order valence-corrected chi connectivity index (χ1v) is 11.5. The number of methoxy groups -OCH3 is 1. The number of esters is 1. The SMILES string of the molecule is CCOC(=O)[C@@H](C[C@H](N)Cc1ccc(-c2cc(Cl)ccc2F)cc1)CN1CC[C@H]1COC. The van der Waals surface area contributed by atoms with Crippen LogP contribution in [0, 0.1) is 11.7 Å². The van der Waals surface area contributed by atoms with Crippen LogP contribution in [0.4, 0.5) is 4.39 Å². The van der Waals surface area contributed by atoms with Crippen LogP contribution in [0.25, 0.3) is 11.1 Å². The molecule has 1 heterocycles. The Bertz CT molecular complexity index is 893. The molecule has 0 unspecified atom stereocenters. The maximum absolute atomic E-state index is 14.1. The van der Waals surface area contributed by atoms with E-state index in [1.165, 1.54) is 12.1 Å². The van der Waals surface area contributed by atoms with Gasteiger partial charge in [-0.1, -0.05) is 35.9 Å². The Morgan fingerprint density at radius 2 is 2.03 bits per heavy atom. The van der Waals surface area contributed by atoms with Crippen molar-refractivity contribution in [3.05, 3.63) is 58.9 Å². The van der Waals surface area contributed by atoms with Crippen molar-refractivity contribution in [2.45, 2.75) is 38.3 Å². The Hall–Kier alpha value is -1.99. The number of rotatable bonds is 11. The van der Waals surface area contributed by atoms with Crippen molar-refractivity contribution in [1.82, 2.24) is 4.90 Å². The summed E-state index contributed by atoms with van der Waals surface area (Å²) < 4.78 is 24.7. The van der Waals surface area contributed by atoms with E-state index in [1.807, 2.05) is 31.2 Å². The van der Waals surface area contributed by atoms with Crippen LogP contribution in [0.15, 0.2) is 42.5 Å². The van der Waals surface area contributed by atoms with Gasteiger partial charge in [0.1, 0.15) is 5.82 Å². The molecule has 0 bridgehead atoms. The lowest BCUT2D eigenvalue weighted by molar-refractivity contribution is -0.150. The number of hydrogen-bond donors (Lipinski definition) is 1. The second kappa shape index (κ2) is 11.8. The number of nitrogens with zero attached hydrogens (tertiary/aromatic N) is 1. The predicted molar refractivity (Wildman–Crippen MR) is 125 cm³/mol. The number of benzene rings is 2. The lowest BCUT2D eigenvalue weighted by Gasteiger charge is -2.42. The molecule has 0 saturated carbocycles. The fourth-order valence-electron chi connectivity index (χ4n) is 4.19. The van der Waals surface area contributed by atoms with E-state index in [2.05, 4.69) is 4.90 Å². The third-order valence-corrected chi connectivity index (χ3v) is 6.21. The van der Waals surface area contributed by atoms with E-state index in [1.54, 1.807) is 13.2 Å². The first-order valence-electron chi connectivity index (χ1n) is 11.1. The van der Waals surface area contributed by atoms with Crippen molar-refractivity contribution >= 4 is 17.6 Å². The van der Waals surface area contributed by atoms with Crippen molar-refractivity contribution in [2.75, 3.05) is 33.4 Å². The molecule has 0 aliphatic carbocycles. The molecule has 3 atom stereocenters. The molecule has 7 heteroatoms. The van der Waals surface area contributed by atoms with Crippen LogP contribution in [0.5, 0.6) is 0 Å². The monoisotopic (exact) mass is 462 g/mol. The van der Waals surface area contributed by atoms with Crippen molar-refractivity contribution < 1.29 is 18.7 Å². The molecule has 2 aromatic carbocycles. The lowest BCUT2D eigenvalue weighted by Crippen LogP contribution is -2.53. The zero-order valence-corrected chi connectivity index (χ0v) is 19.5. The molecular weight excluding hydrogens is 431 g/mol. The average Bonchev–Trinajstić information content (AvgIpc) is 2.76. The van der Waals surface area contributed by atoms with Crippen LogP contribution in [0.3, 0.4) is 0 Å². The van der Waals surface area contributed by atoms with Crippen LogP contribution in [-0.2, 0) is 20.7 Å². The van der Waals surface area contributed by atoms with Crippen molar-refractivity contribution in [3.63, 3.8) is 0 Å². The summed E-state index contributed by atoms with van der Waals surface area (Å²) in [5.74, 6) is -0.781. The van der Waals surface area contributed by atoms with Crippen LogP contribution in [-0.4, -0.2) is 56.4 Å². The summed E-state index contributed by atoms with van der Waals surface area (Å²) >= 11 is 6.01. The summed E-state index contributed by atoms with van der Waals surface area (Å²) in [5.41, 5.74) is 8.69. The van der Waals surface area contributed by atoms with Gasteiger partial charge in [0.15, 0.2) is 0 Å². The molecule has 2 aromatic rings. The number of carbonyl (C=O) groups excluding carboxylic acids is 1. The Labute approximate surface area is 194 Å². The standard InChI is InChI=1S/C25H32ClFN2O3/c1-3-32-25(30)19(15-29-11-10-22(29)16-31-2)13-21(28)12-17-4-6-18(7-5-17)23-14-20(26)8-9-24(23)27/h4-9,14,19,21-22H,3,10-13,15-16,28H2,1-2H3/t19-,21+,22-/m0/s1. The summed E-state index contributed by atoms with van der Waals surface area (Å²) in [6, 6.07) is 12.3. The maximum Gasteiger partial charge on any atom is 0.310 e. The number of nitrogens with two attached hydrogens (primary N) is 1. The first-order chi connectivity index (χ1) is 15.4. The van der Waals surface area contributed by atoms with E-state index in [0.29, 0.717) is 49.2 Å². The summed E-state index contributed by atoms with van der Waals surface area (Å²) in [6.07, 6.45) is 2.24. The largest absolute Gasteiger partial charge is 0.466 e. The van der Waals surface area contributed by atoms with Gasteiger partial charge in [0, 0.05) is 42.9 Å². The number of likely N-dealkylation sites (tertiary alicyclic amines) is 1. The quantitative estimate of drug-likeness (QED) is 0.504. The van der Waals surface area contributed by atoms with Gasteiger partial charge >= 0.3 is 5.97 Å². The van der Waals surface area contributed by atoms with Gasteiger partial charge in [0.2, 0.25) is 0 Å². The van der Waals surface area contributed by atoms with E-state index in [4.69, 9.17) is 26.8 Å². The van der Waals surface area contributed by atoms with Gasteiger partial charge in [-0.05, 0) is 55.5 Å². The number of ether oxygens (including phenoxy) is 2. The number of halogens is 2. The zero-order chi connectivity index (χ0) is 23.1. The lowest BCUT2D eigenvalue weighted by atomic mass is 9.92. The highest BCUT2D eigenvalue weighted by atomic mass is 35.5. The van der Waals surface area contributed by atoms with E-state index in [-0.39, 0.29) is 23.7 Å². The number of carbonyl (C=O) groups is 1. The van der Waals surface area contributed by atoms with Crippen molar-refractivity contribution in [2.24, 2.45) is 11.7 Å². The van der Waals surface area contributed by atoms with Gasteiger partial charge in [-0.3, -0.25) is 9.69 Å². The smallest absolute Gasteiger partial charge is 0.310 e. The molecular formula is C25H32ClFN2O3. The van der Waals surface area contributed by atoms with Gasteiger partial charge < -0.3 is 15.2 Å². The fraction of sp³-hybridized carbons (Fsp3) is 0.480. The molecule has 2 N–H and O–H groups in total. The van der Waals surface area contributed by atoms with Gasteiger partial charge in [0.25, 0.3) is 0 Å². The third kappa shape index (κ3) is 6.51. The molecule has 1 aliphatic heterocycles. The highest BCUT2D eigenvalue weighted by Crippen LogP contribution is 2.27. The Balaban J connectivity index is 1.61. The van der Waals surface area contributed by atoms with Crippen molar-refractivity contribution in [1.29, 1.82) is 0 Å². The molecule has 1 fully saturated rings. The van der Waals surface area contributed by atoms with Crippen LogP contribution in [0.2, 0.25) is 5.02 Å². The molecule has 1 saturated heterocycles. The minimum absolute atomic E-state index is 0.194. The third-order valence-electron chi connectivity index (χ3n) is 5.98. The first kappa shape index (κ1) is 24.6. The molecule has 0 spiro atoms. The minimum Gasteiger partial charge on any atom is -0.466 e. The van der Waals surface area contributed by atoms with Gasteiger partial charge in [0.05, 0.1) is 19.1 Å². The number of hydrogen-bond acceptors (Lipinski definition) is 5. The summed E-state index contributed by atoms with van der Waals surface area (Å²) in [7, 11) is 1.70. The molecule has 1 aliphatic rings. The van der Waals surface area contributed by atoms with Crippen LogP contribution >= 0.6 is 11.6 Å². The Morgan fingerprint density at radius 1 is 1.28 bits per heavy atom. The molecule has 174 valence electrons. The van der Waals surface area contributed by atoms with Gasteiger partial charge in [-0.2, -0.15) is 0 Å². The van der Waals surface area contributed by atoms with E-state index >= 15 is 0 Å². The van der Waals surface area contributed by atoms with E-state index in [0.717, 1.165) is 24.1 Å². The van der Waals surface area contributed by atoms with Gasteiger partial charge in [-0.25, -0.2) is 4.39 Å². The van der Waals surface area contributed by atoms with Crippen LogP contribution in [0.1, 0.15) is 25.3 Å². The maximum atomic E-state index is 14.1. The average molecular weight is 463 g/mol. The highest BCUT2D eigenvalue weighted by molar-refractivity contribution is 6.30. The normalized spacial score (nSPS) is 18.1. The second-order valence-electron chi connectivity index (χ2n) is 8.36. The molecule has 3 rings (SSSR count). The summed E-state index contributed by atoms with van der Waals surface area (Å²) in [6.45, 7) is 4.43. The summed E-state index contributed by atoms with van der Waals surface area (Å²) in [4.78, 5) is 14.8. The molecule has 0 radical (unpaired) electrons. The topological polar surface area (TPSA) is 64.8 Å². The zero-order valence-electron chi connectivity index (χ0n) is 18.7. The fourth-order valence-corrected chi connectivity index (χ4v) is 4.37.